The molecule has 122 valence electrons. The minimum absolute atomic E-state index is 0.0730. The van der Waals surface area contributed by atoms with E-state index in [1.165, 1.54) is 30.3 Å². The molecule has 0 radical (unpaired) electrons. The zero-order valence-electron chi connectivity index (χ0n) is 12.3. The van der Waals surface area contributed by atoms with Crippen LogP contribution in [-0.4, -0.2) is 27.1 Å². The van der Waals surface area contributed by atoms with Crippen LogP contribution in [-0.2, 0) is 16.3 Å². The summed E-state index contributed by atoms with van der Waals surface area (Å²) in [5.74, 6) is -0.743. The van der Waals surface area contributed by atoms with Crippen LogP contribution >= 0.6 is 11.6 Å². The van der Waals surface area contributed by atoms with Crippen LogP contribution in [0, 0.1) is 5.82 Å². The van der Waals surface area contributed by atoms with Gasteiger partial charge in [-0.05, 0) is 42.3 Å². The molecular weight excluding hydrogens is 341 g/mol. The average molecular weight is 356 g/mol. The Hall–Kier alpha value is -1.92. The van der Waals surface area contributed by atoms with Gasteiger partial charge in [0.05, 0.1) is 9.92 Å². The molecular formula is C16H15ClFNO3S. The highest BCUT2D eigenvalue weighted by Crippen LogP contribution is 2.22. The van der Waals surface area contributed by atoms with Gasteiger partial charge in [-0.25, -0.2) is 12.8 Å². The van der Waals surface area contributed by atoms with Crippen LogP contribution in [0.25, 0.3) is 0 Å². The molecule has 23 heavy (non-hydrogen) atoms. The molecule has 0 heterocycles. The van der Waals surface area contributed by atoms with Crippen molar-refractivity contribution in [2.24, 2.45) is 0 Å². The molecule has 2 aromatic rings. The second kappa shape index (κ2) is 7.10. The summed E-state index contributed by atoms with van der Waals surface area (Å²) in [5.41, 5.74) is 0.965. The molecule has 0 fully saturated rings. The Labute approximate surface area is 139 Å². The van der Waals surface area contributed by atoms with Crippen molar-refractivity contribution in [1.82, 2.24) is 5.32 Å². The molecule has 0 unspecified atom stereocenters. The fraction of sp³-hybridized carbons (Fsp3) is 0.188. The number of carbonyl (C=O) groups excluding carboxylic acids is 1. The van der Waals surface area contributed by atoms with Crippen LogP contribution in [0.1, 0.15) is 15.9 Å². The molecule has 0 saturated carbocycles. The Bertz CT molecular complexity index is 837. The molecule has 0 aliphatic carbocycles. The summed E-state index contributed by atoms with van der Waals surface area (Å²) in [6.07, 6.45) is 1.50. The summed E-state index contributed by atoms with van der Waals surface area (Å²) in [7, 11) is -3.51. The topological polar surface area (TPSA) is 63.2 Å². The first-order valence-electron chi connectivity index (χ1n) is 6.79. The Morgan fingerprint density at radius 1 is 1.22 bits per heavy atom. The molecule has 2 aromatic carbocycles. The second-order valence-corrected chi connectivity index (χ2v) is 7.44. The Morgan fingerprint density at radius 3 is 2.61 bits per heavy atom. The van der Waals surface area contributed by atoms with Gasteiger partial charge < -0.3 is 5.32 Å². The van der Waals surface area contributed by atoms with Crippen molar-refractivity contribution >= 4 is 27.3 Å². The van der Waals surface area contributed by atoms with Crippen molar-refractivity contribution in [2.45, 2.75) is 11.3 Å². The van der Waals surface area contributed by atoms with Gasteiger partial charge in [0.15, 0.2) is 9.84 Å². The molecule has 2 rings (SSSR count). The predicted octanol–water partition coefficient (Wildman–Crippen LogP) is 2.86. The summed E-state index contributed by atoms with van der Waals surface area (Å²) in [4.78, 5) is 12.0. The van der Waals surface area contributed by atoms with Gasteiger partial charge in [0, 0.05) is 18.4 Å². The van der Waals surface area contributed by atoms with E-state index in [1.54, 1.807) is 12.1 Å². The number of rotatable bonds is 5. The molecule has 4 nitrogen and oxygen atoms in total. The maximum Gasteiger partial charge on any atom is 0.251 e. The first-order valence-corrected chi connectivity index (χ1v) is 9.06. The summed E-state index contributed by atoms with van der Waals surface area (Å²) >= 11 is 5.84. The third-order valence-corrected chi connectivity index (χ3v) is 4.76. The third-order valence-electron chi connectivity index (χ3n) is 3.18. The molecule has 0 bridgehead atoms. The van der Waals surface area contributed by atoms with E-state index < -0.39 is 15.7 Å². The molecule has 1 N–H and O–H groups in total. The minimum Gasteiger partial charge on any atom is -0.352 e. The van der Waals surface area contributed by atoms with E-state index in [0.29, 0.717) is 13.0 Å². The zero-order chi connectivity index (χ0) is 17.0. The summed E-state index contributed by atoms with van der Waals surface area (Å²) in [5, 5.41) is 2.74. The lowest BCUT2D eigenvalue weighted by molar-refractivity contribution is 0.0954. The van der Waals surface area contributed by atoms with E-state index >= 15 is 0 Å². The number of nitrogens with one attached hydrogen (secondary N) is 1. The zero-order valence-corrected chi connectivity index (χ0v) is 13.9. The molecule has 0 aromatic heterocycles. The molecule has 0 aliphatic heterocycles. The fourth-order valence-electron chi connectivity index (χ4n) is 2.04. The number of hydrogen-bond donors (Lipinski definition) is 1. The standard InChI is InChI=1S/C16H15ClFNO3S/c1-23(21,22)15-10-12(5-6-14(15)17)16(20)19-8-7-11-3-2-4-13(18)9-11/h2-6,9-10H,7-8H2,1H3,(H,19,20). The Balaban J connectivity index is 2.04. The molecule has 0 saturated heterocycles. The summed E-state index contributed by atoms with van der Waals surface area (Å²) in [6.45, 7) is 0.305. The maximum absolute atomic E-state index is 13.1. The highest BCUT2D eigenvalue weighted by Gasteiger charge is 2.15. The summed E-state index contributed by atoms with van der Waals surface area (Å²) < 4.78 is 36.3. The average Bonchev–Trinajstić information content (AvgIpc) is 2.46. The van der Waals surface area contributed by atoms with Crippen molar-refractivity contribution in [3.63, 3.8) is 0 Å². The van der Waals surface area contributed by atoms with Gasteiger partial charge in [-0.3, -0.25) is 4.79 Å². The van der Waals surface area contributed by atoms with Crippen LogP contribution in [0.4, 0.5) is 4.39 Å². The van der Waals surface area contributed by atoms with Gasteiger partial charge in [0.1, 0.15) is 5.82 Å². The quantitative estimate of drug-likeness (QED) is 0.897. The van der Waals surface area contributed by atoms with Crippen LogP contribution in [0.3, 0.4) is 0 Å². The molecule has 7 heteroatoms. The number of benzene rings is 2. The van der Waals surface area contributed by atoms with Crippen molar-refractivity contribution < 1.29 is 17.6 Å². The number of amides is 1. The van der Waals surface area contributed by atoms with Gasteiger partial charge in [-0.2, -0.15) is 0 Å². The van der Waals surface area contributed by atoms with E-state index in [2.05, 4.69) is 5.32 Å². The lowest BCUT2D eigenvalue weighted by atomic mass is 10.1. The van der Waals surface area contributed by atoms with E-state index in [9.17, 15) is 17.6 Å². The highest BCUT2D eigenvalue weighted by atomic mass is 35.5. The van der Waals surface area contributed by atoms with E-state index in [0.717, 1.165) is 11.8 Å². The SMILES string of the molecule is CS(=O)(=O)c1cc(C(=O)NCCc2cccc(F)c2)ccc1Cl. The minimum atomic E-state index is -3.51. The van der Waals surface area contributed by atoms with Crippen LogP contribution in [0.5, 0.6) is 0 Å². The fourth-order valence-corrected chi connectivity index (χ4v) is 3.34. The largest absolute Gasteiger partial charge is 0.352 e. The van der Waals surface area contributed by atoms with Crippen LogP contribution in [0.2, 0.25) is 5.02 Å². The molecule has 1 amide bonds. The van der Waals surface area contributed by atoms with E-state index in [4.69, 9.17) is 11.6 Å². The van der Waals surface area contributed by atoms with E-state index in [-0.39, 0.29) is 21.3 Å². The lowest BCUT2D eigenvalue weighted by Crippen LogP contribution is -2.25. The number of halogens is 2. The van der Waals surface area contributed by atoms with Gasteiger partial charge >= 0.3 is 0 Å². The summed E-state index contributed by atoms with van der Waals surface area (Å²) in [6, 6.07) is 10.2. The number of carbonyl (C=O) groups is 1. The molecule has 0 atom stereocenters. The first kappa shape index (κ1) is 17.4. The predicted molar refractivity (Wildman–Crippen MR) is 87.0 cm³/mol. The van der Waals surface area contributed by atoms with Gasteiger partial charge in [0.2, 0.25) is 0 Å². The maximum atomic E-state index is 13.1. The molecule has 0 aliphatic rings. The number of sulfone groups is 1. The van der Waals surface area contributed by atoms with Crippen molar-refractivity contribution in [3.05, 3.63) is 64.4 Å². The van der Waals surface area contributed by atoms with Gasteiger partial charge in [0.25, 0.3) is 5.91 Å². The normalized spacial score (nSPS) is 11.3. The third kappa shape index (κ3) is 4.77. The molecule has 0 spiro atoms. The van der Waals surface area contributed by atoms with Crippen molar-refractivity contribution in [3.8, 4) is 0 Å². The first-order chi connectivity index (χ1) is 10.8. The Morgan fingerprint density at radius 2 is 1.96 bits per heavy atom. The lowest BCUT2D eigenvalue weighted by Gasteiger charge is -2.08. The van der Waals surface area contributed by atoms with Gasteiger partial charge in [-0.15, -0.1) is 0 Å². The van der Waals surface area contributed by atoms with E-state index in [1.807, 2.05) is 0 Å². The van der Waals surface area contributed by atoms with Crippen molar-refractivity contribution in [2.75, 3.05) is 12.8 Å². The second-order valence-electron chi connectivity index (χ2n) is 5.05. The van der Waals surface area contributed by atoms with Crippen molar-refractivity contribution in [1.29, 1.82) is 0 Å². The van der Waals surface area contributed by atoms with Gasteiger partial charge in [-0.1, -0.05) is 23.7 Å². The smallest absolute Gasteiger partial charge is 0.251 e. The highest BCUT2D eigenvalue weighted by molar-refractivity contribution is 7.90. The number of hydrogen-bond acceptors (Lipinski definition) is 3. The van der Waals surface area contributed by atoms with Crippen LogP contribution < -0.4 is 5.32 Å². The Kier molecular flexibility index (Phi) is 5.38. The monoisotopic (exact) mass is 355 g/mol. The van der Waals surface area contributed by atoms with Crippen LogP contribution in [0.15, 0.2) is 47.4 Å².